The number of halogens is 1. The van der Waals surface area contributed by atoms with Crippen molar-refractivity contribution in [3.8, 4) is 0 Å². The molecule has 0 saturated carbocycles. The fourth-order valence-corrected chi connectivity index (χ4v) is 2.27. The van der Waals surface area contributed by atoms with Crippen LogP contribution in [0.15, 0.2) is 24.3 Å². The fourth-order valence-electron chi connectivity index (χ4n) is 2.15. The summed E-state index contributed by atoms with van der Waals surface area (Å²) in [6.45, 7) is 10.1. The molecule has 0 radical (unpaired) electrons. The molecule has 0 aliphatic heterocycles. The molecule has 1 rings (SSSR count). The number of nitrogens with zero attached hydrogens (tertiary/aromatic N) is 1. The van der Waals surface area contributed by atoms with Crippen molar-refractivity contribution in [2.24, 2.45) is 11.7 Å². The van der Waals surface area contributed by atoms with E-state index < -0.39 is 0 Å². The van der Waals surface area contributed by atoms with Gasteiger partial charge in [-0.25, -0.2) is 0 Å². The maximum Gasteiger partial charge on any atom is 0.0406 e. The first kappa shape index (κ1) is 16.5. The molecule has 2 atom stereocenters. The van der Waals surface area contributed by atoms with Crippen molar-refractivity contribution >= 4 is 11.6 Å². The molecule has 19 heavy (non-hydrogen) atoms. The van der Waals surface area contributed by atoms with Crippen LogP contribution in [0.5, 0.6) is 0 Å². The summed E-state index contributed by atoms with van der Waals surface area (Å²) in [6, 6.07) is 7.97. The fraction of sp³-hybridized carbons (Fsp3) is 0.625. The summed E-state index contributed by atoms with van der Waals surface area (Å²) in [4.78, 5) is 2.49. The van der Waals surface area contributed by atoms with Crippen LogP contribution in [0.4, 0.5) is 0 Å². The molecule has 0 spiro atoms. The van der Waals surface area contributed by atoms with Gasteiger partial charge < -0.3 is 10.6 Å². The van der Waals surface area contributed by atoms with Gasteiger partial charge in [0.25, 0.3) is 0 Å². The zero-order chi connectivity index (χ0) is 14.3. The van der Waals surface area contributed by atoms with E-state index in [0.29, 0.717) is 0 Å². The first-order valence-electron chi connectivity index (χ1n) is 7.30. The van der Waals surface area contributed by atoms with E-state index in [0.717, 1.165) is 30.5 Å². The van der Waals surface area contributed by atoms with E-state index in [2.05, 4.69) is 25.7 Å². The Morgan fingerprint density at radius 1 is 1.21 bits per heavy atom. The SMILES string of the molecule is CCC(C)CN(CC)CCC(N)c1ccc(Cl)cc1. The Labute approximate surface area is 122 Å². The van der Waals surface area contributed by atoms with Gasteiger partial charge >= 0.3 is 0 Å². The molecular formula is C16H27ClN2. The summed E-state index contributed by atoms with van der Waals surface area (Å²) in [6.07, 6.45) is 2.23. The smallest absolute Gasteiger partial charge is 0.0406 e. The second-order valence-electron chi connectivity index (χ2n) is 5.35. The molecule has 0 bridgehead atoms. The normalized spacial score (nSPS) is 14.6. The molecule has 2 unspecified atom stereocenters. The van der Waals surface area contributed by atoms with Gasteiger partial charge in [0.15, 0.2) is 0 Å². The highest BCUT2D eigenvalue weighted by Crippen LogP contribution is 2.18. The van der Waals surface area contributed by atoms with Crippen LogP contribution in [0.3, 0.4) is 0 Å². The van der Waals surface area contributed by atoms with Gasteiger partial charge in [0.1, 0.15) is 0 Å². The highest BCUT2D eigenvalue weighted by Gasteiger charge is 2.11. The van der Waals surface area contributed by atoms with E-state index in [1.807, 2.05) is 24.3 Å². The zero-order valence-corrected chi connectivity index (χ0v) is 13.2. The minimum atomic E-state index is 0.100. The van der Waals surface area contributed by atoms with Crippen molar-refractivity contribution in [3.05, 3.63) is 34.9 Å². The summed E-state index contributed by atoms with van der Waals surface area (Å²) in [7, 11) is 0. The van der Waals surface area contributed by atoms with Gasteiger partial charge in [0, 0.05) is 17.6 Å². The third-order valence-corrected chi connectivity index (χ3v) is 4.02. The quantitative estimate of drug-likeness (QED) is 0.778. The Bertz CT molecular complexity index is 350. The highest BCUT2D eigenvalue weighted by molar-refractivity contribution is 6.30. The lowest BCUT2D eigenvalue weighted by Gasteiger charge is -2.25. The number of benzene rings is 1. The molecule has 108 valence electrons. The van der Waals surface area contributed by atoms with Crippen molar-refractivity contribution in [3.63, 3.8) is 0 Å². The summed E-state index contributed by atoms with van der Waals surface area (Å²) in [5.41, 5.74) is 7.41. The third kappa shape index (κ3) is 5.94. The second kappa shape index (κ2) is 8.57. The molecule has 2 nitrogen and oxygen atoms in total. The molecule has 1 aromatic carbocycles. The van der Waals surface area contributed by atoms with Crippen molar-refractivity contribution in [1.29, 1.82) is 0 Å². The van der Waals surface area contributed by atoms with Gasteiger partial charge in [0.2, 0.25) is 0 Å². The van der Waals surface area contributed by atoms with Gasteiger partial charge in [-0.3, -0.25) is 0 Å². The van der Waals surface area contributed by atoms with E-state index in [4.69, 9.17) is 17.3 Å². The van der Waals surface area contributed by atoms with Gasteiger partial charge in [-0.2, -0.15) is 0 Å². The molecule has 2 N–H and O–H groups in total. The first-order valence-corrected chi connectivity index (χ1v) is 7.68. The topological polar surface area (TPSA) is 29.3 Å². The minimum absolute atomic E-state index is 0.100. The van der Waals surface area contributed by atoms with Crippen LogP contribution in [-0.4, -0.2) is 24.5 Å². The average molecular weight is 283 g/mol. The summed E-state index contributed by atoms with van der Waals surface area (Å²) < 4.78 is 0. The lowest BCUT2D eigenvalue weighted by atomic mass is 10.0. The molecule has 0 heterocycles. The second-order valence-corrected chi connectivity index (χ2v) is 5.79. The van der Waals surface area contributed by atoms with E-state index in [1.54, 1.807) is 0 Å². The van der Waals surface area contributed by atoms with Crippen molar-refractivity contribution in [1.82, 2.24) is 4.90 Å². The van der Waals surface area contributed by atoms with Crippen LogP contribution < -0.4 is 5.73 Å². The first-order chi connectivity index (χ1) is 9.06. The van der Waals surface area contributed by atoms with E-state index in [1.165, 1.54) is 18.5 Å². The third-order valence-electron chi connectivity index (χ3n) is 3.77. The molecule has 3 heteroatoms. The lowest BCUT2D eigenvalue weighted by Crippen LogP contribution is -2.31. The Kier molecular flexibility index (Phi) is 7.44. The van der Waals surface area contributed by atoms with Crippen LogP contribution in [0.1, 0.15) is 45.2 Å². The Hall–Kier alpha value is -0.570. The van der Waals surface area contributed by atoms with Gasteiger partial charge in [-0.15, -0.1) is 0 Å². The van der Waals surface area contributed by atoms with Crippen LogP contribution in [-0.2, 0) is 0 Å². The van der Waals surface area contributed by atoms with Crippen molar-refractivity contribution in [2.45, 2.75) is 39.7 Å². The predicted octanol–water partition coefficient (Wildman–Crippen LogP) is 4.10. The lowest BCUT2D eigenvalue weighted by molar-refractivity contribution is 0.237. The average Bonchev–Trinajstić information content (AvgIpc) is 2.43. The van der Waals surface area contributed by atoms with Crippen LogP contribution in [0, 0.1) is 5.92 Å². The van der Waals surface area contributed by atoms with Crippen molar-refractivity contribution in [2.75, 3.05) is 19.6 Å². The monoisotopic (exact) mass is 282 g/mol. The van der Waals surface area contributed by atoms with E-state index in [9.17, 15) is 0 Å². The standard InChI is InChI=1S/C16H27ClN2/c1-4-13(3)12-19(5-2)11-10-16(18)14-6-8-15(17)9-7-14/h6-9,13,16H,4-5,10-12,18H2,1-3H3. The summed E-state index contributed by atoms with van der Waals surface area (Å²) >= 11 is 5.89. The molecule has 0 aromatic heterocycles. The molecule has 0 amide bonds. The molecular weight excluding hydrogens is 256 g/mol. The van der Waals surface area contributed by atoms with Crippen LogP contribution in [0.2, 0.25) is 5.02 Å². The number of nitrogens with two attached hydrogens (primary N) is 1. The van der Waals surface area contributed by atoms with Crippen LogP contribution in [0.25, 0.3) is 0 Å². The van der Waals surface area contributed by atoms with Gasteiger partial charge in [-0.1, -0.05) is 50.9 Å². The molecule has 0 aliphatic carbocycles. The van der Waals surface area contributed by atoms with Gasteiger partial charge in [-0.05, 0) is 43.1 Å². The van der Waals surface area contributed by atoms with Crippen LogP contribution >= 0.6 is 11.6 Å². The maximum atomic E-state index is 6.24. The number of rotatable bonds is 8. The predicted molar refractivity (Wildman–Crippen MR) is 84.6 cm³/mol. The Balaban J connectivity index is 2.43. The highest BCUT2D eigenvalue weighted by atomic mass is 35.5. The van der Waals surface area contributed by atoms with E-state index in [-0.39, 0.29) is 6.04 Å². The molecule has 0 aliphatic rings. The molecule has 0 fully saturated rings. The van der Waals surface area contributed by atoms with Gasteiger partial charge in [0.05, 0.1) is 0 Å². The number of hydrogen-bond donors (Lipinski definition) is 1. The number of hydrogen-bond acceptors (Lipinski definition) is 2. The molecule has 1 aromatic rings. The zero-order valence-electron chi connectivity index (χ0n) is 12.4. The minimum Gasteiger partial charge on any atom is -0.324 e. The summed E-state index contributed by atoms with van der Waals surface area (Å²) in [5, 5.41) is 0.767. The van der Waals surface area contributed by atoms with E-state index >= 15 is 0 Å². The largest absolute Gasteiger partial charge is 0.324 e. The molecule has 0 saturated heterocycles. The summed E-state index contributed by atoms with van der Waals surface area (Å²) in [5.74, 6) is 0.756. The Morgan fingerprint density at radius 3 is 2.37 bits per heavy atom. The van der Waals surface area contributed by atoms with Crippen molar-refractivity contribution < 1.29 is 0 Å². The maximum absolute atomic E-state index is 6.24. The Morgan fingerprint density at radius 2 is 1.84 bits per heavy atom.